The fourth-order valence-electron chi connectivity index (χ4n) is 1.76. The summed E-state index contributed by atoms with van der Waals surface area (Å²) in [5.41, 5.74) is 0.638. The molecule has 2 rings (SSSR count). The molecule has 0 radical (unpaired) electrons. The Bertz CT molecular complexity index is 507. The molecule has 5 heteroatoms. The van der Waals surface area contributed by atoms with Crippen molar-refractivity contribution < 1.29 is 19.4 Å². The molecule has 1 amide bonds. The van der Waals surface area contributed by atoms with Crippen molar-refractivity contribution >= 4 is 17.6 Å². The lowest BCUT2D eigenvalue weighted by Crippen LogP contribution is -2.27. The predicted molar refractivity (Wildman–Crippen MR) is 65.1 cm³/mol. The smallest absolute Gasteiger partial charge is 0.339 e. The van der Waals surface area contributed by atoms with E-state index in [-0.39, 0.29) is 18.7 Å². The van der Waals surface area contributed by atoms with Gasteiger partial charge in [-0.15, -0.1) is 0 Å². The summed E-state index contributed by atoms with van der Waals surface area (Å²) in [5.74, 6) is -1.76. The highest BCUT2D eigenvalue weighted by Gasteiger charge is 2.35. The van der Waals surface area contributed by atoms with Crippen molar-refractivity contribution in [1.82, 2.24) is 0 Å². The third-order valence-electron chi connectivity index (χ3n) is 2.64. The van der Waals surface area contributed by atoms with Crippen LogP contribution in [0.5, 0.6) is 0 Å². The van der Waals surface area contributed by atoms with Crippen LogP contribution in [-0.2, 0) is 14.3 Å². The second-order valence-electron chi connectivity index (χ2n) is 3.77. The number of hydrogen-bond acceptors (Lipinski definition) is 4. The number of ether oxygens (including phenoxy) is 1. The van der Waals surface area contributed by atoms with Crippen LogP contribution >= 0.6 is 0 Å². The number of rotatable bonds is 3. The molecule has 0 aromatic heterocycles. The minimum Gasteiger partial charge on any atom is -0.503 e. The van der Waals surface area contributed by atoms with E-state index in [4.69, 9.17) is 4.74 Å². The Morgan fingerprint density at radius 3 is 2.67 bits per heavy atom. The van der Waals surface area contributed by atoms with E-state index in [1.54, 1.807) is 31.2 Å². The number of carbonyl (C=O) groups excluding carboxylic acids is 2. The van der Waals surface area contributed by atoms with E-state index < -0.39 is 17.6 Å². The molecule has 1 heterocycles. The van der Waals surface area contributed by atoms with Crippen LogP contribution < -0.4 is 4.90 Å². The van der Waals surface area contributed by atoms with Crippen LogP contribution in [0.4, 0.5) is 5.69 Å². The molecule has 0 saturated carbocycles. The Morgan fingerprint density at radius 2 is 2.06 bits per heavy atom. The zero-order chi connectivity index (χ0) is 13.1. The van der Waals surface area contributed by atoms with Gasteiger partial charge in [-0.3, -0.25) is 4.79 Å². The molecule has 1 aliphatic heterocycles. The van der Waals surface area contributed by atoms with Gasteiger partial charge in [-0.05, 0) is 19.1 Å². The summed E-state index contributed by atoms with van der Waals surface area (Å²) in [5, 5.41) is 9.67. The highest BCUT2D eigenvalue weighted by Crippen LogP contribution is 2.24. The molecule has 0 fully saturated rings. The largest absolute Gasteiger partial charge is 0.503 e. The van der Waals surface area contributed by atoms with Crippen LogP contribution in [0.2, 0.25) is 0 Å². The zero-order valence-electron chi connectivity index (χ0n) is 9.92. The summed E-state index contributed by atoms with van der Waals surface area (Å²) in [6, 6.07) is 8.85. The van der Waals surface area contributed by atoms with E-state index in [0.717, 1.165) is 0 Å². The molecule has 0 bridgehead atoms. The topological polar surface area (TPSA) is 66.8 Å². The average molecular weight is 247 g/mol. The molecule has 18 heavy (non-hydrogen) atoms. The summed E-state index contributed by atoms with van der Waals surface area (Å²) in [6.45, 7) is 1.91. The van der Waals surface area contributed by atoms with Crippen molar-refractivity contribution in [3.05, 3.63) is 41.7 Å². The Morgan fingerprint density at radius 1 is 1.39 bits per heavy atom. The molecule has 0 aliphatic carbocycles. The maximum atomic E-state index is 11.8. The second kappa shape index (κ2) is 4.91. The molecule has 1 aliphatic rings. The summed E-state index contributed by atoms with van der Waals surface area (Å²) in [4.78, 5) is 24.7. The molecule has 0 spiro atoms. The first-order valence-electron chi connectivity index (χ1n) is 5.61. The van der Waals surface area contributed by atoms with E-state index in [1.165, 1.54) is 4.90 Å². The molecule has 1 N–H and O–H groups in total. The van der Waals surface area contributed by atoms with Crippen molar-refractivity contribution in [3.8, 4) is 0 Å². The molecular formula is C13H13NO4. The molecule has 1 aromatic rings. The number of nitrogens with zero attached hydrogens (tertiary/aromatic N) is 1. The quantitative estimate of drug-likeness (QED) is 0.820. The van der Waals surface area contributed by atoms with E-state index in [0.29, 0.717) is 5.69 Å². The standard InChI is InChI=1S/C13H13NO4/c1-2-18-13(17)10-8-14(12(16)11(10)15)9-6-4-3-5-7-9/h3-7,15H,2,8H2,1H3. The first kappa shape index (κ1) is 12.2. The van der Waals surface area contributed by atoms with Gasteiger partial charge in [-0.2, -0.15) is 0 Å². The molecule has 94 valence electrons. The van der Waals surface area contributed by atoms with Crippen LogP contribution in [0.1, 0.15) is 6.92 Å². The summed E-state index contributed by atoms with van der Waals surface area (Å²) < 4.78 is 4.79. The molecule has 1 aromatic carbocycles. The number of anilines is 1. The number of carbonyl (C=O) groups is 2. The monoisotopic (exact) mass is 247 g/mol. The van der Waals surface area contributed by atoms with Gasteiger partial charge in [0.1, 0.15) is 5.57 Å². The fourth-order valence-corrected chi connectivity index (χ4v) is 1.76. The predicted octanol–water partition coefficient (Wildman–Crippen LogP) is 1.41. The van der Waals surface area contributed by atoms with Gasteiger partial charge in [0.15, 0.2) is 5.76 Å². The van der Waals surface area contributed by atoms with Gasteiger partial charge in [0, 0.05) is 5.69 Å². The van der Waals surface area contributed by atoms with Gasteiger partial charge < -0.3 is 14.7 Å². The number of benzene rings is 1. The minimum atomic E-state index is -0.651. The lowest BCUT2D eigenvalue weighted by molar-refractivity contribution is -0.138. The third-order valence-corrected chi connectivity index (χ3v) is 2.64. The number of aliphatic hydroxyl groups is 1. The Balaban J connectivity index is 2.23. The number of esters is 1. The fraction of sp³-hybridized carbons (Fsp3) is 0.231. The lowest BCUT2D eigenvalue weighted by Gasteiger charge is -2.15. The summed E-state index contributed by atoms with van der Waals surface area (Å²) >= 11 is 0. The number of aliphatic hydroxyl groups excluding tert-OH is 1. The lowest BCUT2D eigenvalue weighted by atomic mass is 10.2. The maximum absolute atomic E-state index is 11.8. The first-order valence-corrected chi connectivity index (χ1v) is 5.61. The van der Waals surface area contributed by atoms with Crippen LogP contribution in [0, 0.1) is 0 Å². The molecule has 0 unspecified atom stereocenters. The minimum absolute atomic E-state index is 0.00528. The number of para-hydroxylation sites is 1. The Hall–Kier alpha value is -2.30. The Labute approximate surface area is 104 Å². The number of amides is 1. The average Bonchev–Trinajstić information content (AvgIpc) is 2.68. The molecule has 0 saturated heterocycles. The maximum Gasteiger partial charge on any atom is 0.339 e. The first-order chi connectivity index (χ1) is 8.65. The van der Waals surface area contributed by atoms with Gasteiger partial charge in [0.2, 0.25) is 0 Å². The molecular weight excluding hydrogens is 234 g/mol. The summed E-state index contributed by atoms with van der Waals surface area (Å²) in [6.07, 6.45) is 0. The SMILES string of the molecule is CCOC(=O)C1=C(O)C(=O)N(c2ccccc2)C1. The highest BCUT2D eigenvalue weighted by atomic mass is 16.5. The number of hydrogen-bond donors (Lipinski definition) is 1. The van der Waals surface area contributed by atoms with E-state index >= 15 is 0 Å². The highest BCUT2D eigenvalue weighted by molar-refractivity contribution is 6.13. The zero-order valence-corrected chi connectivity index (χ0v) is 9.92. The van der Waals surface area contributed by atoms with Crippen molar-refractivity contribution in [2.75, 3.05) is 18.1 Å². The van der Waals surface area contributed by atoms with Gasteiger partial charge >= 0.3 is 5.97 Å². The Kier molecular flexibility index (Phi) is 3.32. The summed E-state index contributed by atoms with van der Waals surface area (Å²) in [7, 11) is 0. The van der Waals surface area contributed by atoms with Gasteiger partial charge in [-0.25, -0.2) is 4.79 Å². The van der Waals surface area contributed by atoms with Crippen molar-refractivity contribution in [3.63, 3.8) is 0 Å². The van der Waals surface area contributed by atoms with E-state index in [9.17, 15) is 14.7 Å². The van der Waals surface area contributed by atoms with Crippen LogP contribution in [0.25, 0.3) is 0 Å². The second-order valence-corrected chi connectivity index (χ2v) is 3.77. The molecule has 5 nitrogen and oxygen atoms in total. The van der Waals surface area contributed by atoms with Gasteiger partial charge in [-0.1, -0.05) is 18.2 Å². The normalized spacial score (nSPS) is 15.2. The van der Waals surface area contributed by atoms with Gasteiger partial charge in [0.25, 0.3) is 5.91 Å². The van der Waals surface area contributed by atoms with E-state index in [2.05, 4.69) is 0 Å². The van der Waals surface area contributed by atoms with Gasteiger partial charge in [0.05, 0.1) is 13.2 Å². The van der Waals surface area contributed by atoms with Crippen molar-refractivity contribution in [2.45, 2.75) is 6.92 Å². The van der Waals surface area contributed by atoms with Crippen molar-refractivity contribution in [2.24, 2.45) is 0 Å². The van der Waals surface area contributed by atoms with E-state index in [1.807, 2.05) is 6.07 Å². The van der Waals surface area contributed by atoms with Crippen LogP contribution in [0.15, 0.2) is 41.7 Å². The van der Waals surface area contributed by atoms with Crippen LogP contribution in [-0.4, -0.2) is 30.1 Å². The van der Waals surface area contributed by atoms with Crippen LogP contribution in [0.3, 0.4) is 0 Å². The molecule has 0 atom stereocenters. The third kappa shape index (κ3) is 2.07. The van der Waals surface area contributed by atoms with Crippen molar-refractivity contribution in [1.29, 1.82) is 0 Å².